The van der Waals surface area contributed by atoms with Crippen LogP contribution in [0.1, 0.15) is 62.5 Å². The summed E-state index contributed by atoms with van der Waals surface area (Å²) >= 11 is 0. The van der Waals surface area contributed by atoms with E-state index in [2.05, 4.69) is 17.4 Å². The molecule has 1 aromatic rings. The summed E-state index contributed by atoms with van der Waals surface area (Å²) in [5, 5.41) is 12.9. The minimum Gasteiger partial charge on any atom is -0.454 e. The van der Waals surface area contributed by atoms with Crippen LogP contribution in [0, 0.1) is 11.8 Å². The van der Waals surface area contributed by atoms with Crippen molar-refractivity contribution in [3.63, 3.8) is 0 Å². The molecule has 0 radical (unpaired) electrons. The molecule has 2 bridgehead atoms. The maximum Gasteiger partial charge on any atom is 0.508 e. The van der Waals surface area contributed by atoms with Crippen LogP contribution in [0.2, 0.25) is 0 Å². The van der Waals surface area contributed by atoms with E-state index in [1.165, 1.54) is 43.2 Å². The summed E-state index contributed by atoms with van der Waals surface area (Å²) in [6.07, 6.45) is 8.66. The fourth-order valence-electron chi connectivity index (χ4n) is 6.14. The molecule has 3 aliphatic carbocycles. The molecule has 27 heavy (non-hydrogen) atoms. The standard InChI is InChI=1S/C22H29NO4/c24-21(25)27-20(14-4-3-5-14)26-16-8-7-15-12-19-17-6-1-2-9-22(17,10-11-23-19)18(15)13-16/h7-8,13-14,17,19-20,23H,1-6,9-12H2,(H,24,25)/t17-,19+,20?,22+/m0/s1. The zero-order valence-electron chi connectivity index (χ0n) is 15.8. The molecule has 146 valence electrons. The Hall–Kier alpha value is -1.75. The Labute approximate surface area is 160 Å². The molecule has 5 nitrogen and oxygen atoms in total. The molecule has 1 unspecified atom stereocenters. The van der Waals surface area contributed by atoms with E-state index in [0.29, 0.717) is 6.04 Å². The fraction of sp³-hybridized carbons (Fsp3) is 0.682. The van der Waals surface area contributed by atoms with Crippen molar-refractivity contribution in [2.24, 2.45) is 11.8 Å². The summed E-state index contributed by atoms with van der Waals surface area (Å²) in [6, 6.07) is 7.03. The second-order valence-corrected chi connectivity index (χ2v) is 8.90. The van der Waals surface area contributed by atoms with Crippen molar-refractivity contribution in [1.29, 1.82) is 0 Å². The molecule has 1 aliphatic heterocycles. The van der Waals surface area contributed by atoms with Crippen molar-refractivity contribution in [1.82, 2.24) is 5.32 Å². The Morgan fingerprint density at radius 3 is 2.85 bits per heavy atom. The average Bonchev–Trinajstić information content (AvgIpc) is 2.60. The SMILES string of the molecule is O=C(O)OC(Oc1ccc2c(c1)[C@@]13CCCC[C@H]1[C@@H](C2)NCC3)C1CCC1. The van der Waals surface area contributed by atoms with Crippen LogP contribution in [0.4, 0.5) is 4.79 Å². The van der Waals surface area contributed by atoms with Gasteiger partial charge in [-0.1, -0.05) is 25.3 Å². The average molecular weight is 371 g/mol. The molecular formula is C22H29NO4. The monoisotopic (exact) mass is 371 g/mol. The minimum absolute atomic E-state index is 0.181. The molecule has 0 amide bonds. The Bertz CT molecular complexity index is 727. The Morgan fingerprint density at radius 2 is 2.07 bits per heavy atom. The smallest absolute Gasteiger partial charge is 0.454 e. The maximum atomic E-state index is 11.1. The second-order valence-electron chi connectivity index (χ2n) is 8.90. The van der Waals surface area contributed by atoms with E-state index in [1.807, 2.05) is 6.07 Å². The van der Waals surface area contributed by atoms with E-state index in [1.54, 1.807) is 0 Å². The van der Waals surface area contributed by atoms with Crippen LogP contribution >= 0.6 is 0 Å². The summed E-state index contributed by atoms with van der Waals surface area (Å²) < 4.78 is 11.2. The number of hydrogen-bond donors (Lipinski definition) is 2. The summed E-state index contributed by atoms with van der Waals surface area (Å²) in [6.45, 7) is 1.10. The van der Waals surface area contributed by atoms with Crippen molar-refractivity contribution in [3.05, 3.63) is 29.3 Å². The van der Waals surface area contributed by atoms with Crippen LogP contribution in [-0.2, 0) is 16.6 Å². The van der Waals surface area contributed by atoms with Gasteiger partial charge in [0.05, 0.1) is 0 Å². The van der Waals surface area contributed by atoms with Gasteiger partial charge in [-0.05, 0) is 74.2 Å². The van der Waals surface area contributed by atoms with Crippen LogP contribution in [0.15, 0.2) is 18.2 Å². The molecular weight excluding hydrogens is 342 g/mol. The topological polar surface area (TPSA) is 67.8 Å². The Morgan fingerprint density at radius 1 is 1.19 bits per heavy atom. The number of nitrogens with one attached hydrogen (secondary N) is 1. The van der Waals surface area contributed by atoms with E-state index in [9.17, 15) is 4.79 Å². The van der Waals surface area contributed by atoms with Gasteiger partial charge in [0.1, 0.15) is 5.75 Å². The zero-order chi connectivity index (χ0) is 18.4. The molecule has 5 rings (SSSR count). The molecule has 0 spiro atoms. The van der Waals surface area contributed by atoms with E-state index < -0.39 is 12.4 Å². The summed E-state index contributed by atoms with van der Waals surface area (Å²) in [5.74, 6) is 1.67. The number of piperidine rings is 1. The number of carbonyl (C=O) groups is 1. The lowest BCUT2D eigenvalue weighted by atomic mass is 9.53. The highest BCUT2D eigenvalue weighted by molar-refractivity contribution is 5.57. The third-order valence-electron chi connectivity index (χ3n) is 7.62. The molecule has 1 aromatic carbocycles. The van der Waals surface area contributed by atoms with Gasteiger partial charge in [-0.2, -0.15) is 0 Å². The van der Waals surface area contributed by atoms with Gasteiger partial charge in [0.2, 0.25) is 0 Å². The second kappa shape index (κ2) is 6.69. The van der Waals surface area contributed by atoms with E-state index in [-0.39, 0.29) is 11.3 Å². The molecule has 0 aromatic heterocycles. The number of hydrogen-bond acceptors (Lipinski definition) is 4. The van der Waals surface area contributed by atoms with Crippen molar-refractivity contribution in [2.45, 2.75) is 75.5 Å². The van der Waals surface area contributed by atoms with Crippen LogP contribution < -0.4 is 10.1 Å². The summed E-state index contributed by atoms with van der Waals surface area (Å²) in [5.41, 5.74) is 3.18. The molecule has 2 N–H and O–H groups in total. The van der Waals surface area contributed by atoms with Crippen LogP contribution in [0.3, 0.4) is 0 Å². The number of rotatable bonds is 4. The lowest BCUT2D eigenvalue weighted by Crippen LogP contribution is -2.59. The van der Waals surface area contributed by atoms with Crippen LogP contribution in [0.5, 0.6) is 5.75 Å². The molecule has 1 saturated heterocycles. The van der Waals surface area contributed by atoms with E-state index >= 15 is 0 Å². The predicted molar refractivity (Wildman–Crippen MR) is 101 cm³/mol. The van der Waals surface area contributed by atoms with Gasteiger partial charge in [-0.3, -0.25) is 0 Å². The first-order valence-corrected chi connectivity index (χ1v) is 10.6. The number of ether oxygens (including phenoxy) is 2. The highest BCUT2D eigenvalue weighted by Gasteiger charge is 2.51. The maximum absolute atomic E-state index is 11.1. The predicted octanol–water partition coefficient (Wildman–Crippen LogP) is 4.23. The zero-order valence-corrected chi connectivity index (χ0v) is 15.8. The lowest BCUT2D eigenvalue weighted by Gasteiger charge is -2.56. The normalized spacial score (nSPS) is 33.2. The van der Waals surface area contributed by atoms with Gasteiger partial charge >= 0.3 is 6.16 Å². The fourth-order valence-corrected chi connectivity index (χ4v) is 6.14. The van der Waals surface area contributed by atoms with Gasteiger partial charge < -0.3 is 19.9 Å². The molecule has 2 saturated carbocycles. The first kappa shape index (κ1) is 17.4. The number of fused-ring (bicyclic) bond motifs is 1. The summed E-state index contributed by atoms with van der Waals surface area (Å²) in [7, 11) is 0. The Balaban J connectivity index is 1.46. The highest BCUT2D eigenvalue weighted by Crippen LogP contribution is 2.54. The van der Waals surface area contributed by atoms with Crippen molar-refractivity contribution >= 4 is 6.16 Å². The van der Waals surface area contributed by atoms with Gasteiger partial charge in [-0.15, -0.1) is 0 Å². The number of carboxylic acid groups (broad SMARTS) is 1. The van der Waals surface area contributed by atoms with Crippen molar-refractivity contribution in [3.8, 4) is 5.75 Å². The molecule has 3 fully saturated rings. The first-order chi connectivity index (χ1) is 13.2. The van der Waals surface area contributed by atoms with Gasteiger partial charge in [0.15, 0.2) is 0 Å². The Kier molecular flexibility index (Phi) is 4.30. The van der Waals surface area contributed by atoms with Crippen LogP contribution in [0.25, 0.3) is 0 Å². The minimum atomic E-state index is -1.25. The molecule has 4 atom stereocenters. The van der Waals surface area contributed by atoms with Crippen molar-refractivity contribution in [2.75, 3.05) is 6.54 Å². The number of benzene rings is 1. The third-order valence-corrected chi connectivity index (χ3v) is 7.62. The highest BCUT2D eigenvalue weighted by atomic mass is 16.8. The quantitative estimate of drug-likeness (QED) is 0.612. The third kappa shape index (κ3) is 2.91. The van der Waals surface area contributed by atoms with Crippen LogP contribution in [-0.4, -0.2) is 30.1 Å². The molecule has 5 heteroatoms. The largest absolute Gasteiger partial charge is 0.508 e. The summed E-state index contributed by atoms with van der Waals surface area (Å²) in [4.78, 5) is 11.1. The first-order valence-electron chi connectivity index (χ1n) is 10.6. The van der Waals surface area contributed by atoms with Gasteiger partial charge in [-0.25, -0.2) is 4.79 Å². The van der Waals surface area contributed by atoms with Crippen molar-refractivity contribution < 1.29 is 19.4 Å². The molecule has 4 aliphatic rings. The van der Waals surface area contributed by atoms with E-state index in [0.717, 1.165) is 43.9 Å². The van der Waals surface area contributed by atoms with Gasteiger partial charge in [0.25, 0.3) is 6.29 Å². The molecule has 1 heterocycles. The lowest BCUT2D eigenvalue weighted by molar-refractivity contribution is -0.106. The van der Waals surface area contributed by atoms with Gasteiger partial charge in [0, 0.05) is 17.4 Å². The van der Waals surface area contributed by atoms with E-state index in [4.69, 9.17) is 14.6 Å².